The molecular weight excluding hydrogens is 224 g/mol. The molecule has 1 N–H and O–H groups in total. The topological polar surface area (TPSA) is 55.1 Å². The molecule has 0 aliphatic heterocycles. The zero-order valence-corrected chi connectivity index (χ0v) is 10.6. The first-order valence-electron chi connectivity index (χ1n) is 5.58. The number of nitrogens with zero attached hydrogens (tertiary/aromatic N) is 2. The highest BCUT2D eigenvalue weighted by atomic mass is 32.2. The van der Waals surface area contributed by atoms with Gasteiger partial charge in [0, 0.05) is 18.4 Å². The number of imidazole rings is 1. The highest BCUT2D eigenvalue weighted by molar-refractivity contribution is 7.99. The minimum atomic E-state index is -0.798. The second-order valence-electron chi connectivity index (χ2n) is 3.57. The number of carboxylic acid groups (broad SMARTS) is 1. The van der Waals surface area contributed by atoms with Gasteiger partial charge in [-0.05, 0) is 12.8 Å². The Labute approximate surface area is 100 Å². The molecule has 90 valence electrons. The summed E-state index contributed by atoms with van der Waals surface area (Å²) in [6.07, 6.45) is 5.01. The first-order chi connectivity index (χ1) is 7.69. The number of rotatable bonds is 7. The van der Waals surface area contributed by atoms with E-state index in [9.17, 15) is 4.79 Å². The van der Waals surface area contributed by atoms with Gasteiger partial charge in [-0.25, -0.2) is 4.98 Å². The van der Waals surface area contributed by atoms with Crippen LogP contribution in [0, 0.1) is 0 Å². The summed E-state index contributed by atoms with van der Waals surface area (Å²) in [5.41, 5.74) is 1.18. The van der Waals surface area contributed by atoms with Crippen molar-refractivity contribution in [2.24, 2.45) is 0 Å². The smallest absolute Gasteiger partial charge is 0.313 e. The minimum absolute atomic E-state index is 0.0757. The van der Waals surface area contributed by atoms with Gasteiger partial charge in [0.25, 0.3) is 0 Å². The average molecular weight is 242 g/mol. The van der Waals surface area contributed by atoms with Crippen LogP contribution in [-0.2, 0) is 17.8 Å². The maximum absolute atomic E-state index is 10.5. The molecule has 0 amide bonds. The van der Waals surface area contributed by atoms with E-state index in [4.69, 9.17) is 5.11 Å². The van der Waals surface area contributed by atoms with Crippen molar-refractivity contribution < 1.29 is 9.90 Å². The quantitative estimate of drug-likeness (QED) is 0.746. The number of aromatic nitrogens is 2. The van der Waals surface area contributed by atoms with Crippen molar-refractivity contribution in [3.05, 3.63) is 11.9 Å². The van der Waals surface area contributed by atoms with Gasteiger partial charge in [-0.2, -0.15) is 0 Å². The summed E-state index contributed by atoms with van der Waals surface area (Å²) >= 11 is 1.29. The maximum Gasteiger partial charge on any atom is 0.313 e. The molecule has 0 saturated carbocycles. The number of carboxylic acids is 1. The predicted molar refractivity (Wildman–Crippen MR) is 64.9 cm³/mol. The molecule has 1 rings (SSSR count). The molecule has 0 fully saturated rings. The third kappa shape index (κ3) is 3.56. The van der Waals surface area contributed by atoms with Crippen LogP contribution < -0.4 is 0 Å². The molecule has 0 spiro atoms. The largest absolute Gasteiger partial charge is 0.481 e. The van der Waals surface area contributed by atoms with E-state index in [-0.39, 0.29) is 5.75 Å². The number of aryl methyl sites for hydroxylation is 1. The predicted octanol–water partition coefficient (Wildman–Crippen LogP) is 2.42. The van der Waals surface area contributed by atoms with Crippen LogP contribution in [0.15, 0.2) is 11.4 Å². The molecule has 0 radical (unpaired) electrons. The number of unbranched alkanes of at least 4 members (excludes halogenated alkanes) is 1. The Morgan fingerprint density at radius 2 is 2.31 bits per heavy atom. The van der Waals surface area contributed by atoms with Gasteiger partial charge in [-0.15, -0.1) is 0 Å². The zero-order chi connectivity index (χ0) is 12.0. The normalized spacial score (nSPS) is 10.6. The fourth-order valence-electron chi connectivity index (χ4n) is 1.47. The van der Waals surface area contributed by atoms with Gasteiger partial charge < -0.3 is 9.67 Å². The molecule has 1 aromatic heterocycles. The van der Waals surface area contributed by atoms with Gasteiger partial charge >= 0.3 is 5.97 Å². The molecule has 0 aliphatic carbocycles. The van der Waals surface area contributed by atoms with E-state index in [0.29, 0.717) is 0 Å². The van der Waals surface area contributed by atoms with Crippen LogP contribution >= 0.6 is 11.8 Å². The fourth-order valence-corrected chi connectivity index (χ4v) is 2.22. The highest BCUT2D eigenvalue weighted by Crippen LogP contribution is 2.19. The lowest BCUT2D eigenvalue weighted by molar-refractivity contribution is -0.133. The Hall–Kier alpha value is -0.970. The van der Waals surface area contributed by atoms with Crippen LogP contribution in [0.25, 0.3) is 0 Å². The van der Waals surface area contributed by atoms with Gasteiger partial charge in [-0.1, -0.05) is 32.0 Å². The molecule has 4 nitrogen and oxygen atoms in total. The molecule has 0 aliphatic rings. The second kappa shape index (κ2) is 6.58. The average Bonchev–Trinajstić information content (AvgIpc) is 2.65. The van der Waals surface area contributed by atoms with Crippen molar-refractivity contribution in [3.8, 4) is 0 Å². The molecule has 0 unspecified atom stereocenters. The molecule has 5 heteroatoms. The van der Waals surface area contributed by atoms with E-state index in [1.807, 2.05) is 6.20 Å². The summed E-state index contributed by atoms with van der Waals surface area (Å²) < 4.78 is 2.14. The Balaban J connectivity index is 2.73. The fraction of sp³-hybridized carbons (Fsp3) is 0.636. The molecule has 16 heavy (non-hydrogen) atoms. The van der Waals surface area contributed by atoms with Crippen LogP contribution in [-0.4, -0.2) is 26.4 Å². The van der Waals surface area contributed by atoms with E-state index >= 15 is 0 Å². The lowest BCUT2D eigenvalue weighted by Crippen LogP contribution is -2.06. The second-order valence-corrected chi connectivity index (χ2v) is 4.52. The third-order valence-electron chi connectivity index (χ3n) is 2.32. The van der Waals surface area contributed by atoms with E-state index in [0.717, 1.165) is 31.0 Å². The van der Waals surface area contributed by atoms with E-state index in [1.54, 1.807) is 0 Å². The van der Waals surface area contributed by atoms with Gasteiger partial charge in [0.15, 0.2) is 5.16 Å². The maximum atomic E-state index is 10.5. The third-order valence-corrected chi connectivity index (χ3v) is 3.30. The first-order valence-corrected chi connectivity index (χ1v) is 6.56. The Bertz CT molecular complexity index is 350. The minimum Gasteiger partial charge on any atom is -0.481 e. The van der Waals surface area contributed by atoms with Crippen molar-refractivity contribution in [1.82, 2.24) is 9.55 Å². The highest BCUT2D eigenvalue weighted by Gasteiger charge is 2.10. The standard InChI is InChI=1S/C11H18N2O2S/c1-3-5-6-13-9(4-2)7-12-11(13)16-8-10(14)15/h7H,3-6,8H2,1-2H3,(H,14,15). The Morgan fingerprint density at radius 3 is 2.88 bits per heavy atom. The van der Waals surface area contributed by atoms with E-state index in [1.165, 1.54) is 17.5 Å². The van der Waals surface area contributed by atoms with Crippen molar-refractivity contribution in [1.29, 1.82) is 0 Å². The van der Waals surface area contributed by atoms with E-state index in [2.05, 4.69) is 23.4 Å². The van der Waals surface area contributed by atoms with E-state index < -0.39 is 5.97 Å². The van der Waals surface area contributed by atoms with Gasteiger partial charge in [0.05, 0.1) is 5.75 Å². The molecule has 1 heterocycles. The molecule has 0 saturated heterocycles. The van der Waals surface area contributed by atoms with Crippen molar-refractivity contribution in [2.75, 3.05) is 5.75 Å². The van der Waals surface area contributed by atoms with Crippen molar-refractivity contribution in [3.63, 3.8) is 0 Å². The number of aliphatic carboxylic acids is 1. The van der Waals surface area contributed by atoms with Crippen molar-refractivity contribution in [2.45, 2.75) is 44.8 Å². The summed E-state index contributed by atoms with van der Waals surface area (Å²) in [5.74, 6) is -0.722. The first kappa shape index (κ1) is 13.1. The van der Waals surface area contributed by atoms with Crippen LogP contribution in [0.4, 0.5) is 0 Å². The lowest BCUT2D eigenvalue weighted by Gasteiger charge is -2.09. The number of carbonyl (C=O) groups is 1. The SMILES string of the molecule is CCCCn1c(CC)cnc1SCC(=O)O. The van der Waals surface area contributed by atoms with Crippen LogP contribution in [0.2, 0.25) is 0 Å². The lowest BCUT2D eigenvalue weighted by atomic mass is 10.3. The molecule has 0 atom stereocenters. The summed E-state index contributed by atoms with van der Waals surface area (Å²) in [6, 6.07) is 0. The van der Waals surface area contributed by atoms with Gasteiger partial charge in [0.2, 0.25) is 0 Å². The molecule has 1 aromatic rings. The Kier molecular flexibility index (Phi) is 5.38. The monoisotopic (exact) mass is 242 g/mol. The zero-order valence-electron chi connectivity index (χ0n) is 9.77. The molecule has 0 aromatic carbocycles. The van der Waals surface area contributed by atoms with Gasteiger partial charge in [-0.3, -0.25) is 4.79 Å². The summed E-state index contributed by atoms with van der Waals surface area (Å²) in [6.45, 7) is 5.17. The number of hydrogen-bond acceptors (Lipinski definition) is 3. The van der Waals surface area contributed by atoms with Crippen LogP contribution in [0.5, 0.6) is 0 Å². The van der Waals surface area contributed by atoms with Crippen LogP contribution in [0.3, 0.4) is 0 Å². The van der Waals surface area contributed by atoms with Gasteiger partial charge in [0.1, 0.15) is 0 Å². The number of thioether (sulfide) groups is 1. The Morgan fingerprint density at radius 1 is 1.56 bits per heavy atom. The summed E-state index contributed by atoms with van der Waals surface area (Å²) in [7, 11) is 0. The number of hydrogen-bond donors (Lipinski definition) is 1. The summed E-state index contributed by atoms with van der Waals surface area (Å²) in [4.78, 5) is 14.8. The molecule has 0 bridgehead atoms. The van der Waals surface area contributed by atoms with Crippen molar-refractivity contribution >= 4 is 17.7 Å². The summed E-state index contributed by atoms with van der Waals surface area (Å²) in [5, 5.41) is 9.47. The molecular formula is C11H18N2O2S. The van der Waals surface area contributed by atoms with Crippen LogP contribution in [0.1, 0.15) is 32.4 Å².